The summed E-state index contributed by atoms with van der Waals surface area (Å²) in [7, 11) is 5.28. The molecule has 0 spiro atoms. The van der Waals surface area contributed by atoms with E-state index in [4.69, 9.17) is 9.47 Å². The highest BCUT2D eigenvalue weighted by atomic mass is 16.5. The van der Waals surface area contributed by atoms with Crippen LogP contribution < -0.4 is 14.8 Å². The van der Waals surface area contributed by atoms with Gasteiger partial charge in [-0.15, -0.1) is 0 Å². The highest BCUT2D eigenvalue weighted by molar-refractivity contribution is 5.43. The molecule has 1 atom stereocenters. The minimum Gasteiger partial charge on any atom is -0.497 e. The summed E-state index contributed by atoms with van der Waals surface area (Å²) in [6.45, 7) is 0. The normalized spacial score (nSPS) is 11.9. The Kier molecular flexibility index (Phi) is 4.96. The van der Waals surface area contributed by atoms with Gasteiger partial charge in [-0.2, -0.15) is 0 Å². The first-order valence-corrected chi connectivity index (χ1v) is 6.56. The van der Waals surface area contributed by atoms with Gasteiger partial charge in [0.1, 0.15) is 11.5 Å². The Morgan fingerprint density at radius 2 is 2.05 bits per heavy atom. The Morgan fingerprint density at radius 1 is 1.20 bits per heavy atom. The van der Waals surface area contributed by atoms with Crippen LogP contribution >= 0.6 is 0 Å². The molecule has 0 aliphatic carbocycles. The lowest BCUT2D eigenvalue weighted by atomic mass is 9.99. The van der Waals surface area contributed by atoms with Crippen molar-refractivity contribution in [2.45, 2.75) is 12.5 Å². The molecule has 1 aromatic carbocycles. The lowest BCUT2D eigenvalue weighted by molar-refractivity contribution is 0.385. The zero-order valence-electron chi connectivity index (χ0n) is 12.1. The van der Waals surface area contributed by atoms with Gasteiger partial charge in [-0.25, -0.2) is 0 Å². The van der Waals surface area contributed by atoms with E-state index in [1.54, 1.807) is 20.4 Å². The number of benzene rings is 1. The number of hydrogen-bond acceptors (Lipinski definition) is 4. The maximum Gasteiger partial charge on any atom is 0.127 e. The van der Waals surface area contributed by atoms with Gasteiger partial charge in [0.05, 0.1) is 14.2 Å². The molecule has 0 saturated carbocycles. The summed E-state index contributed by atoms with van der Waals surface area (Å²) in [6.07, 6.45) is 4.53. The molecule has 4 nitrogen and oxygen atoms in total. The van der Waals surface area contributed by atoms with Gasteiger partial charge in [0, 0.05) is 30.1 Å². The Labute approximate surface area is 119 Å². The van der Waals surface area contributed by atoms with E-state index < -0.39 is 0 Å². The molecular weight excluding hydrogens is 252 g/mol. The van der Waals surface area contributed by atoms with E-state index >= 15 is 0 Å². The number of rotatable bonds is 6. The smallest absolute Gasteiger partial charge is 0.127 e. The monoisotopic (exact) mass is 272 g/mol. The van der Waals surface area contributed by atoms with Crippen molar-refractivity contribution < 1.29 is 9.47 Å². The summed E-state index contributed by atoms with van der Waals surface area (Å²) in [5.74, 6) is 1.62. The molecule has 0 aliphatic heterocycles. The fourth-order valence-electron chi connectivity index (χ4n) is 2.23. The molecule has 1 N–H and O–H groups in total. The molecule has 0 bridgehead atoms. The molecule has 1 aromatic heterocycles. The largest absolute Gasteiger partial charge is 0.497 e. The van der Waals surface area contributed by atoms with Crippen molar-refractivity contribution in [1.29, 1.82) is 0 Å². The lowest BCUT2D eigenvalue weighted by Crippen LogP contribution is -2.19. The van der Waals surface area contributed by atoms with Crippen molar-refractivity contribution >= 4 is 0 Å². The summed E-state index contributed by atoms with van der Waals surface area (Å²) in [5.41, 5.74) is 2.30. The Bertz CT molecular complexity index is 543. The van der Waals surface area contributed by atoms with Gasteiger partial charge in [-0.3, -0.25) is 4.98 Å². The van der Waals surface area contributed by atoms with Crippen LogP contribution in [0.2, 0.25) is 0 Å². The quantitative estimate of drug-likeness (QED) is 0.878. The third-order valence-electron chi connectivity index (χ3n) is 3.33. The van der Waals surface area contributed by atoms with E-state index in [1.165, 1.54) is 5.56 Å². The van der Waals surface area contributed by atoms with Crippen LogP contribution in [0.15, 0.2) is 42.7 Å². The van der Waals surface area contributed by atoms with Crippen LogP contribution in [0.5, 0.6) is 11.5 Å². The molecule has 0 fully saturated rings. The standard InChI is InChI=1S/C16H20N2O2/c1-17-15(9-12-5-4-8-18-11-12)14-7-6-13(19-2)10-16(14)20-3/h4-8,10-11,15,17H,9H2,1-3H3. The molecule has 0 amide bonds. The second-order valence-corrected chi connectivity index (χ2v) is 4.51. The maximum absolute atomic E-state index is 5.47. The molecule has 2 rings (SSSR count). The summed E-state index contributed by atoms with van der Waals surface area (Å²) < 4.78 is 10.7. The highest BCUT2D eigenvalue weighted by Crippen LogP contribution is 2.30. The van der Waals surface area contributed by atoms with Crippen molar-refractivity contribution in [2.24, 2.45) is 0 Å². The molecule has 20 heavy (non-hydrogen) atoms. The first kappa shape index (κ1) is 14.3. The molecule has 2 aromatic rings. The van der Waals surface area contributed by atoms with Crippen LogP contribution in [0.1, 0.15) is 17.2 Å². The Balaban J connectivity index is 2.27. The van der Waals surface area contributed by atoms with Crippen LogP contribution in [0, 0.1) is 0 Å². The zero-order chi connectivity index (χ0) is 14.4. The molecule has 1 unspecified atom stereocenters. The predicted molar refractivity (Wildman–Crippen MR) is 79.3 cm³/mol. The van der Waals surface area contributed by atoms with Gasteiger partial charge in [0.2, 0.25) is 0 Å². The highest BCUT2D eigenvalue weighted by Gasteiger charge is 2.15. The molecule has 0 aliphatic rings. The van der Waals surface area contributed by atoms with E-state index in [0.717, 1.165) is 23.5 Å². The van der Waals surface area contributed by atoms with Crippen molar-refractivity contribution in [3.05, 3.63) is 53.9 Å². The van der Waals surface area contributed by atoms with Gasteiger partial charge in [0.25, 0.3) is 0 Å². The van der Waals surface area contributed by atoms with Crippen molar-refractivity contribution in [2.75, 3.05) is 21.3 Å². The molecular formula is C16H20N2O2. The molecule has 4 heteroatoms. The minimum absolute atomic E-state index is 0.167. The fourth-order valence-corrected chi connectivity index (χ4v) is 2.23. The first-order valence-electron chi connectivity index (χ1n) is 6.56. The number of nitrogens with zero attached hydrogens (tertiary/aromatic N) is 1. The summed E-state index contributed by atoms with van der Waals surface area (Å²) in [6, 6.07) is 10.1. The van der Waals surface area contributed by atoms with Gasteiger partial charge in [-0.1, -0.05) is 12.1 Å². The Morgan fingerprint density at radius 3 is 2.65 bits per heavy atom. The van der Waals surface area contributed by atoms with E-state index in [1.807, 2.05) is 37.5 Å². The SMILES string of the molecule is CNC(Cc1cccnc1)c1ccc(OC)cc1OC. The summed E-state index contributed by atoms with van der Waals surface area (Å²) in [5, 5.41) is 3.33. The number of ether oxygens (including phenoxy) is 2. The van der Waals surface area contributed by atoms with Gasteiger partial charge >= 0.3 is 0 Å². The Hall–Kier alpha value is -2.07. The summed E-state index contributed by atoms with van der Waals surface area (Å²) in [4.78, 5) is 4.16. The van der Waals surface area contributed by atoms with Crippen molar-refractivity contribution in [3.63, 3.8) is 0 Å². The number of likely N-dealkylation sites (N-methyl/N-ethyl adjacent to an activating group) is 1. The fraction of sp³-hybridized carbons (Fsp3) is 0.312. The number of hydrogen-bond donors (Lipinski definition) is 1. The third kappa shape index (κ3) is 3.27. The predicted octanol–water partition coefficient (Wildman–Crippen LogP) is 2.60. The van der Waals surface area contributed by atoms with E-state index in [-0.39, 0.29) is 6.04 Å². The maximum atomic E-state index is 5.47. The first-order chi connectivity index (χ1) is 9.78. The summed E-state index contributed by atoms with van der Waals surface area (Å²) >= 11 is 0. The van der Waals surface area contributed by atoms with Gasteiger partial charge in [0.15, 0.2) is 0 Å². The minimum atomic E-state index is 0.167. The average molecular weight is 272 g/mol. The van der Waals surface area contributed by atoms with Crippen LogP contribution in [0.4, 0.5) is 0 Å². The van der Waals surface area contributed by atoms with Crippen molar-refractivity contribution in [1.82, 2.24) is 10.3 Å². The van der Waals surface area contributed by atoms with Crippen LogP contribution in [0.25, 0.3) is 0 Å². The number of nitrogens with one attached hydrogen (secondary N) is 1. The van der Waals surface area contributed by atoms with E-state index in [0.29, 0.717) is 0 Å². The van der Waals surface area contributed by atoms with Crippen LogP contribution in [0.3, 0.4) is 0 Å². The van der Waals surface area contributed by atoms with E-state index in [2.05, 4.69) is 16.4 Å². The number of aromatic nitrogens is 1. The second-order valence-electron chi connectivity index (χ2n) is 4.51. The topological polar surface area (TPSA) is 43.4 Å². The number of methoxy groups -OCH3 is 2. The third-order valence-corrected chi connectivity index (χ3v) is 3.33. The van der Waals surface area contributed by atoms with E-state index in [9.17, 15) is 0 Å². The molecule has 106 valence electrons. The van der Waals surface area contributed by atoms with Crippen LogP contribution in [-0.2, 0) is 6.42 Å². The average Bonchev–Trinajstić information content (AvgIpc) is 2.53. The molecule has 0 saturated heterocycles. The zero-order valence-corrected chi connectivity index (χ0v) is 12.1. The lowest BCUT2D eigenvalue weighted by Gasteiger charge is -2.20. The van der Waals surface area contributed by atoms with Gasteiger partial charge < -0.3 is 14.8 Å². The van der Waals surface area contributed by atoms with Crippen LogP contribution in [-0.4, -0.2) is 26.3 Å². The molecule has 0 radical (unpaired) electrons. The number of pyridine rings is 1. The second kappa shape index (κ2) is 6.91. The molecule has 1 heterocycles. The van der Waals surface area contributed by atoms with Crippen molar-refractivity contribution in [3.8, 4) is 11.5 Å². The van der Waals surface area contributed by atoms with Gasteiger partial charge in [-0.05, 0) is 31.2 Å².